The lowest BCUT2D eigenvalue weighted by Gasteiger charge is -2.26. The zero-order chi connectivity index (χ0) is 30.4. The molecule has 4 rings (SSSR count). The van der Waals surface area contributed by atoms with Crippen molar-refractivity contribution in [1.82, 2.24) is 25.2 Å². The first-order valence-electron chi connectivity index (χ1n) is 13.2. The number of nitrogens with one attached hydrogen (secondary N) is 4. The van der Waals surface area contributed by atoms with Crippen LogP contribution in [0.2, 0.25) is 0 Å². The minimum Gasteiger partial charge on any atom is -0.494 e. The maximum absolute atomic E-state index is 13.2. The largest absolute Gasteiger partial charge is 0.494 e. The van der Waals surface area contributed by atoms with Crippen molar-refractivity contribution in [2.75, 3.05) is 56.9 Å². The van der Waals surface area contributed by atoms with E-state index in [4.69, 9.17) is 21.3 Å². The van der Waals surface area contributed by atoms with Gasteiger partial charge in [0.1, 0.15) is 11.8 Å². The van der Waals surface area contributed by atoms with E-state index in [0.29, 0.717) is 41.0 Å². The van der Waals surface area contributed by atoms with Gasteiger partial charge < -0.3 is 35.5 Å². The van der Waals surface area contributed by atoms with Crippen molar-refractivity contribution < 1.29 is 18.7 Å². The number of methoxy groups -OCH3 is 1. The van der Waals surface area contributed by atoms with E-state index in [0.717, 1.165) is 23.0 Å². The number of benzene rings is 2. The molecule has 0 aliphatic carbocycles. The highest BCUT2D eigenvalue weighted by molar-refractivity contribution is 6.29. The van der Waals surface area contributed by atoms with E-state index >= 15 is 0 Å². The number of likely N-dealkylation sites (N-methyl/N-ethyl adjacent to an activating group) is 2. The van der Waals surface area contributed by atoms with Gasteiger partial charge in [-0.3, -0.25) is 9.59 Å². The Morgan fingerprint density at radius 1 is 1.10 bits per heavy atom. The summed E-state index contributed by atoms with van der Waals surface area (Å²) in [5.41, 5.74) is 1.97. The zero-order valence-corrected chi connectivity index (χ0v) is 24.8. The SMILES string of the molecule is COc1cc(N(C)CCN(C)C)c(NC(=O)[C@H](C)NC(=O)C(F)Cl)cc1Nc1nccc(-c2c[nH]c3ccccc23)n1. The minimum atomic E-state index is -2.26. The summed E-state index contributed by atoms with van der Waals surface area (Å²) in [4.78, 5) is 41.1. The number of nitrogens with zero attached hydrogens (tertiary/aromatic N) is 4. The fourth-order valence-corrected chi connectivity index (χ4v) is 4.34. The second-order valence-corrected chi connectivity index (χ2v) is 10.3. The van der Waals surface area contributed by atoms with Crippen LogP contribution in [-0.2, 0) is 9.59 Å². The summed E-state index contributed by atoms with van der Waals surface area (Å²) in [6.07, 6.45) is 3.56. The summed E-state index contributed by atoms with van der Waals surface area (Å²) in [7, 11) is 7.37. The standard InChI is InChI=1S/C29H34ClFN8O3/c1-17(34-28(41)26(30)31)27(40)35-22-14-23(25(42-5)15-24(22)39(4)13-12-38(2)3)37-29-32-11-10-21(36-29)19-16-33-20-9-7-6-8-18(19)20/h6-11,14-17,26,33H,12-13H2,1-5H3,(H,34,41)(H,35,40)(H,32,36,37)/t17-,26?/m0/s1. The number of hydrogen-bond donors (Lipinski definition) is 4. The molecular formula is C29H34ClFN8O3. The van der Waals surface area contributed by atoms with Crippen molar-refractivity contribution >= 4 is 57.3 Å². The fourth-order valence-electron chi connectivity index (χ4n) is 4.28. The minimum absolute atomic E-state index is 0.318. The molecule has 42 heavy (non-hydrogen) atoms. The van der Waals surface area contributed by atoms with Crippen LogP contribution in [0.15, 0.2) is 54.9 Å². The summed E-state index contributed by atoms with van der Waals surface area (Å²) in [6.45, 7) is 2.83. The normalized spacial score (nSPS) is 12.6. The molecule has 0 radical (unpaired) electrons. The third-order valence-electron chi connectivity index (χ3n) is 6.59. The molecule has 2 aromatic heterocycles. The van der Waals surface area contributed by atoms with Crippen LogP contribution in [0.5, 0.6) is 5.75 Å². The Balaban J connectivity index is 1.67. The average Bonchev–Trinajstić information content (AvgIpc) is 3.40. The van der Waals surface area contributed by atoms with E-state index in [1.165, 1.54) is 6.92 Å². The van der Waals surface area contributed by atoms with Gasteiger partial charge in [-0.2, -0.15) is 0 Å². The number of rotatable bonds is 12. The molecule has 13 heteroatoms. The lowest BCUT2D eigenvalue weighted by molar-refractivity contribution is -0.127. The second-order valence-electron chi connectivity index (χ2n) is 9.95. The maximum Gasteiger partial charge on any atom is 0.270 e. The predicted octanol–water partition coefficient (Wildman–Crippen LogP) is 4.35. The second kappa shape index (κ2) is 13.5. The van der Waals surface area contributed by atoms with Gasteiger partial charge in [0, 0.05) is 55.1 Å². The number of H-pyrrole nitrogens is 1. The highest BCUT2D eigenvalue weighted by atomic mass is 35.5. The first-order valence-corrected chi connectivity index (χ1v) is 13.6. The van der Waals surface area contributed by atoms with E-state index in [1.54, 1.807) is 25.4 Å². The first-order chi connectivity index (χ1) is 20.1. The van der Waals surface area contributed by atoms with Crippen LogP contribution in [0, 0.1) is 0 Å². The molecule has 2 aromatic carbocycles. The van der Waals surface area contributed by atoms with Gasteiger partial charge in [0.2, 0.25) is 11.9 Å². The van der Waals surface area contributed by atoms with Gasteiger partial charge in [-0.15, -0.1) is 0 Å². The first kappa shape index (κ1) is 30.5. The van der Waals surface area contributed by atoms with Crippen molar-refractivity contribution in [3.05, 3.63) is 54.9 Å². The lowest BCUT2D eigenvalue weighted by Crippen LogP contribution is -2.44. The van der Waals surface area contributed by atoms with Crippen LogP contribution in [0.3, 0.4) is 0 Å². The molecule has 0 saturated heterocycles. The van der Waals surface area contributed by atoms with E-state index in [2.05, 4.69) is 25.9 Å². The Bertz CT molecular complexity index is 1560. The zero-order valence-electron chi connectivity index (χ0n) is 24.0. The third-order valence-corrected chi connectivity index (χ3v) is 6.79. The molecule has 2 amide bonds. The van der Waals surface area contributed by atoms with E-state index in [-0.39, 0.29) is 0 Å². The predicted molar refractivity (Wildman–Crippen MR) is 164 cm³/mol. The van der Waals surface area contributed by atoms with Crippen LogP contribution >= 0.6 is 11.6 Å². The Morgan fingerprint density at radius 3 is 2.57 bits per heavy atom. The summed E-state index contributed by atoms with van der Waals surface area (Å²) >= 11 is 5.21. The Morgan fingerprint density at radius 2 is 1.86 bits per heavy atom. The number of hydrogen-bond acceptors (Lipinski definition) is 8. The number of halogens is 2. The number of carbonyl (C=O) groups is 2. The van der Waals surface area contributed by atoms with Gasteiger partial charge >= 0.3 is 0 Å². The molecule has 2 atom stereocenters. The molecule has 4 aromatic rings. The summed E-state index contributed by atoms with van der Waals surface area (Å²) in [5.74, 6) is -0.841. The fraction of sp³-hybridized carbons (Fsp3) is 0.310. The highest BCUT2D eigenvalue weighted by Gasteiger charge is 2.23. The Hall–Kier alpha value is -4.42. The van der Waals surface area contributed by atoms with E-state index in [9.17, 15) is 14.0 Å². The van der Waals surface area contributed by atoms with Crippen LogP contribution in [0.1, 0.15) is 6.92 Å². The van der Waals surface area contributed by atoms with Crippen molar-refractivity contribution in [3.8, 4) is 17.0 Å². The summed E-state index contributed by atoms with van der Waals surface area (Å²) < 4.78 is 18.9. The van der Waals surface area contributed by atoms with Gasteiger partial charge in [0.25, 0.3) is 11.5 Å². The van der Waals surface area contributed by atoms with Crippen molar-refractivity contribution in [1.29, 1.82) is 0 Å². The van der Waals surface area contributed by atoms with Crippen LogP contribution < -0.4 is 25.6 Å². The average molecular weight is 597 g/mol. The number of fused-ring (bicyclic) bond motifs is 1. The van der Waals surface area contributed by atoms with Crippen molar-refractivity contribution in [2.45, 2.75) is 18.6 Å². The van der Waals surface area contributed by atoms with Gasteiger partial charge in [0.15, 0.2) is 0 Å². The summed E-state index contributed by atoms with van der Waals surface area (Å²) in [5, 5.41) is 9.34. The monoisotopic (exact) mass is 596 g/mol. The molecule has 0 saturated carbocycles. The summed E-state index contributed by atoms with van der Waals surface area (Å²) in [6, 6.07) is 12.2. The van der Waals surface area contributed by atoms with Crippen LogP contribution in [0.4, 0.5) is 27.4 Å². The Labute approximate surface area is 248 Å². The number of aromatic nitrogens is 3. The van der Waals surface area contributed by atoms with Gasteiger partial charge in [-0.25, -0.2) is 14.4 Å². The number of anilines is 4. The number of amides is 2. The van der Waals surface area contributed by atoms with Gasteiger partial charge in [-0.1, -0.05) is 29.8 Å². The Kier molecular flexibility index (Phi) is 9.81. The molecule has 0 fully saturated rings. The molecule has 0 spiro atoms. The van der Waals surface area contributed by atoms with Gasteiger partial charge in [0.05, 0.1) is 29.9 Å². The maximum atomic E-state index is 13.2. The quantitative estimate of drug-likeness (QED) is 0.178. The topological polar surface area (TPSA) is 128 Å². The number of aromatic amines is 1. The highest BCUT2D eigenvalue weighted by Crippen LogP contribution is 2.38. The number of carbonyl (C=O) groups excluding carboxylic acids is 2. The molecular weight excluding hydrogens is 563 g/mol. The molecule has 222 valence electrons. The molecule has 4 N–H and O–H groups in total. The number of ether oxygens (including phenoxy) is 1. The van der Waals surface area contributed by atoms with Crippen molar-refractivity contribution in [3.63, 3.8) is 0 Å². The smallest absolute Gasteiger partial charge is 0.270 e. The lowest BCUT2D eigenvalue weighted by atomic mass is 10.1. The molecule has 1 unspecified atom stereocenters. The van der Waals surface area contributed by atoms with Crippen molar-refractivity contribution in [2.24, 2.45) is 0 Å². The molecule has 11 nitrogen and oxygen atoms in total. The van der Waals surface area contributed by atoms with E-state index in [1.807, 2.05) is 67.5 Å². The molecule has 0 aliphatic rings. The third kappa shape index (κ3) is 7.25. The number of para-hydroxylation sites is 1. The molecule has 0 bridgehead atoms. The molecule has 0 aliphatic heterocycles. The molecule has 2 heterocycles. The van der Waals surface area contributed by atoms with Gasteiger partial charge in [-0.05, 0) is 39.2 Å². The van der Waals surface area contributed by atoms with Crippen LogP contribution in [0.25, 0.3) is 22.2 Å². The van der Waals surface area contributed by atoms with Crippen LogP contribution in [-0.4, -0.2) is 84.7 Å². The number of alkyl halides is 2. The van der Waals surface area contributed by atoms with E-state index < -0.39 is 23.5 Å².